The van der Waals surface area contributed by atoms with Gasteiger partial charge in [0.25, 0.3) is 0 Å². The molecule has 0 N–H and O–H groups in total. The summed E-state index contributed by atoms with van der Waals surface area (Å²) in [5.74, 6) is 3.11. The molecule has 6 rings (SSSR count). The summed E-state index contributed by atoms with van der Waals surface area (Å²) in [5.41, 5.74) is 7.11. The summed E-state index contributed by atoms with van der Waals surface area (Å²) in [4.78, 5) is 13.3. The maximum atomic E-state index is 13.3. The topological polar surface area (TPSA) is 17.1 Å². The van der Waals surface area contributed by atoms with Crippen molar-refractivity contribution in [1.82, 2.24) is 0 Å². The molecule has 4 atom stereocenters. The fraction of sp³-hybridized carbons (Fsp3) is 0.370. The smallest absolute Gasteiger partial charge is 0.193 e. The van der Waals surface area contributed by atoms with Crippen LogP contribution in [0.25, 0.3) is 11.1 Å². The van der Waals surface area contributed by atoms with E-state index in [9.17, 15) is 4.79 Å². The Morgan fingerprint density at radius 1 is 0.679 bits per heavy atom. The van der Waals surface area contributed by atoms with Gasteiger partial charge in [0.1, 0.15) is 0 Å². The first-order valence-electron chi connectivity index (χ1n) is 10.9. The van der Waals surface area contributed by atoms with Crippen LogP contribution < -0.4 is 0 Å². The van der Waals surface area contributed by atoms with E-state index < -0.39 is 0 Å². The Morgan fingerprint density at radius 3 is 1.57 bits per heavy atom. The zero-order valence-electron chi connectivity index (χ0n) is 16.2. The fourth-order valence-corrected chi connectivity index (χ4v) is 6.19. The van der Waals surface area contributed by atoms with Crippen LogP contribution in [0.3, 0.4) is 0 Å². The highest BCUT2D eigenvalue weighted by molar-refractivity contribution is 6.09. The number of rotatable bonds is 4. The molecule has 4 bridgehead atoms. The Labute approximate surface area is 167 Å². The largest absolute Gasteiger partial charge is 0.289 e. The molecule has 4 aliphatic rings. The lowest BCUT2D eigenvalue weighted by molar-refractivity contribution is 0.103. The Morgan fingerprint density at radius 2 is 1.18 bits per heavy atom. The van der Waals surface area contributed by atoms with Crippen molar-refractivity contribution in [1.29, 1.82) is 0 Å². The molecule has 0 aliphatic heterocycles. The van der Waals surface area contributed by atoms with E-state index in [0.717, 1.165) is 23.0 Å². The van der Waals surface area contributed by atoms with Crippen molar-refractivity contribution in [3.63, 3.8) is 0 Å². The average molecular weight is 367 g/mol. The molecule has 0 saturated heterocycles. The number of allylic oxidation sites excluding steroid dienone is 4. The number of hydrogen-bond acceptors (Lipinski definition) is 1. The van der Waals surface area contributed by atoms with Gasteiger partial charge in [-0.05, 0) is 96.6 Å². The zero-order valence-corrected chi connectivity index (χ0v) is 16.2. The van der Waals surface area contributed by atoms with E-state index in [1.807, 2.05) is 12.1 Å². The van der Waals surface area contributed by atoms with Gasteiger partial charge < -0.3 is 0 Å². The third-order valence-electron chi connectivity index (χ3n) is 7.57. The summed E-state index contributed by atoms with van der Waals surface area (Å²) in [6.45, 7) is 0. The zero-order chi connectivity index (χ0) is 18.7. The highest BCUT2D eigenvalue weighted by Crippen LogP contribution is 2.49. The molecule has 0 spiro atoms. The van der Waals surface area contributed by atoms with E-state index >= 15 is 0 Å². The molecule has 4 unspecified atom stereocenters. The highest BCUT2D eigenvalue weighted by atomic mass is 16.1. The van der Waals surface area contributed by atoms with Crippen LogP contribution in [0.4, 0.5) is 0 Å². The van der Waals surface area contributed by atoms with Crippen molar-refractivity contribution in [3.05, 3.63) is 82.9 Å². The molecule has 2 aromatic carbocycles. The fourth-order valence-electron chi connectivity index (χ4n) is 6.19. The monoisotopic (exact) mass is 366 g/mol. The Bertz CT molecular complexity index is 943. The predicted octanol–water partition coefficient (Wildman–Crippen LogP) is 6.54. The minimum Gasteiger partial charge on any atom is -0.289 e. The van der Waals surface area contributed by atoms with Crippen LogP contribution >= 0.6 is 0 Å². The van der Waals surface area contributed by atoms with Gasteiger partial charge in [-0.1, -0.05) is 48.6 Å². The molecule has 0 radical (unpaired) electrons. The first kappa shape index (κ1) is 16.5. The average Bonchev–Trinajstić information content (AvgIpc) is 3.55. The van der Waals surface area contributed by atoms with Crippen LogP contribution in [0.15, 0.2) is 60.7 Å². The van der Waals surface area contributed by atoms with E-state index in [4.69, 9.17) is 0 Å². The molecule has 0 heterocycles. The summed E-state index contributed by atoms with van der Waals surface area (Å²) in [6.07, 6.45) is 12.9. The van der Waals surface area contributed by atoms with Gasteiger partial charge in [-0.2, -0.15) is 0 Å². The predicted molar refractivity (Wildman–Crippen MR) is 114 cm³/mol. The molecule has 4 aliphatic carbocycles. The lowest BCUT2D eigenvalue weighted by Gasteiger charge is -2.15. The maximum Gasteiger partial charge on any atom is 0.193 e. The van der Waals surface area contributed by atoms with Gasteiger partial charge in [-0.3, -0.25) is 4.79 Å². The van der Waals surface area contributed by atoms with Gasteiger partial charge in [0.2, 0.25) is 0 Å². The second-order valence-electron chi connectivity index (χ2n) is 9.27. The van der Waals surface area contributed by atoms with Crippen LogP contribution in [-0.2, 0) is 0 Å². The van der Waals surface area contributed by atoms with Gasteiger partial charge in [0.05, 0.1) is 0 Å². The second kappa shape index (κ2) is 6.30. The number of fused-ring (bicyclic) bond motifs is 4. The van der Waals surface area contributed by atoms with Gasteiger partial charge >= 0.3 is 0 Å². The first-order chi connectivity index (χ1) is 13.7. The van der Waals surface area contributed by atoms with Gasteiger partial charge in [0.15, 0.2) is 5.78 Å². The standard InChI is InChI=1S/C27H26O/c28-27(23-5-1-3-19(15-23)25-13-17-7-9-21(25)11-17)24-6-2-4-20(16-24)26-14-18-8-10-22(26)12-18/h1-6,13-18,21-22H,7-12H2. The van der Waals surface area contributed by atoms with Crippen LogP contribution in [-0.4, -0.2) is 5.78 Å². The summed E-state index contributed by atoms with van der Waals surface area (Å²) in [5, 5.41) is 0. The second-order valence-corrected chi connectivity index (χ2v) is 9.27. The number of carbonyl (C=O) groups is 1. The van der Waals surface area contributed by atoms with E-state index in [-0.39, 0.29) is 5.78 Å². The molecule has 2 fully saturated rings. The van der Waals surface area contributed by atoms with Crippen molar-refractivity contribution in [2.75, 3.05) is 0 Å². The van der Waals surface area contributed by atoms with Crippen molar-refractivity contribution < 1.29 is 4.79 Å². The van der Waals surface area contributed by atoms with Crippen LogP contribution in [0.2, 0.25) is 0 Å². The third kappa shape index (κ3) is 2.64. The van der Waals surface area contributed by atoms with Gasteiger partial charge in [-0.15, -0.1) is 0 Å². The van der Waals surface area contributed by atoms with Crippen molar-refractivity contribution in [2.24, 2.45) is 23.7 Å². The highest BCUT2D eigenvalue weighted by Gasteiger charge is 2.34. The van der Waals surface area contributed by atoms with Crippen LogP contribution in [0, 0.1) is 23.7 Å². The van der Waals surface area contributed by atoms with Gasteiger partial charge in [0, 0.05) is 11.1 Å². The maximum absolute atomic E-state index is 13.3. The lowest BCUT2D eigenvalue weighted by Crippen LogP contribution is -2.05. The normalized spacial score (nSPS) is 29.9. The quantitative estimate of drug-likeness (QED) is 0.561. The molecule has 0 amide bonds. The molecular formula is C27H26O. The Kier molecular flexibility index (Phi) is 3.72. The van der Waals surface area contributed by atoms with E-state index in [1.54, 1.807) is 0 Å². The number of carbonyl (C=O) groups excluding carboxylic acids is 1. The molecular weight excluding hydrogens is 340 g/mol. The number of hydrogen-bond donors (Lipinski definition) is 0. The lowest BCUT2D eigenvalue weighted by atomic mass is 9.89. The molecule has 2 aromatic rings. The molecule has 0 aromatic heterocycles. The summed E-state index contributed by atoms with van der Waals surface area (Å²) < 4.78 is 0. The minimum atomic E-state index is 0.149. The molecule has 2 saturated carbocycles. The number of ketones is 1. The number of benzene rings is 2. The van der Waals surface area contributed by atoms with Crippen molar-refractivity contribution >= 4 is 16.9 Å². The Hall–Kier alpha value is -2.41. The van der Waals surface area contributed by atoms with Crippen molar-refractivity contribution in [2.45, 2.75) is 38.5 Å². The molecule has 28 heavy (non-hydrogen) atoms. The van der Waals surface area contributed by atoms with E-state index in [0.29, 0.717) is 11.8 Å². The Balaban J connectivity index is 1.31. The van der Waals surface area contributed by atoms with Crippen LogP contribution in [0.1, 0.15) is 65.6 Å². The summed E-state index contributed by atoms with van der Waals surface area (Å²) in [7, 11) is 0. The van der Waals surface area contributed by atoms with E-state index in [1.165, 1.54) is 60.8 Å². The van der Waals surface area contributed by atoms with E-state index in [2.05, 4.69) is 48.6 Å². The molecule has 1 nitrogen and oxygen atoms in total. The minimum absolute atomic E-state index is 0.149. The summed E-state index contributed by atoms with van der Waals surface area (Å²) >= 11 is 0. The third-order valence-corrected chi connectivity index (χ3v) is 7.57. The summed E-state index contributed by atoms with van der Waals surface area (Å²) in [6, 6.07) is 16.7. The van der Waals surface area contributed by atoms with Crippen molar-refractivity contribution in [3.8, 4) is 0 Å². The first-order valence-corrected chi connectivity index (χ1v) is 10.9. The molecule has 1 heteroatoms. The SMILES string of the molecule is O=C(c1cccc(C2=CC3CCC2C3)c1)c1cccc(C2=CC3CCC2C3)c1. The van der Waals surface area contributed by atoms with Gasteiger partial charge in [-0.25, -0.2) is 0 Å². The molecule has 140 valence electrons. The van der Waals surface area contributed by atoms with Crippen LogP contribution in [0.5, 0.6) is 0 Å².